The Bertz CT molecular complexity index is 1040. The quantitative estimate of drug-likeness (QED) is 0.455. The van der Waals surface area contributed by atoms with Gasteiger partial charge in [0.15, 0.2) is 0 Å². The van der Waals surface area contributed by atoms with Crippen LogP contribution in [0, 0.1) is 11.8 Å². The van der Waals surface area contributed by atoms with Crippen molar-refractivity contribution in [3.05, 3.63) is 62.3 Å². The number of pyridine rings is 1. The minimum absolute atomic E-state index is 0.0965. The number of anilines is 1. The summed E-state index contributed by atoms with van der Waals surface area (Å²) in [5.41, 5.74) is 11.3. The summed E-state index contributed by atoms with van der Waals surface area (Å²) in [7, 11) is 0. The van der Waals surface area contributed by atoms with E-state index in [9.17, 15) is 14.7 Å². The fraction of sp³-hybridized carbons (Fsp3) is 0.429. The number of carboxylic acids is 1. The van der Waals surface area contributed by atoms with Crippen molar-refractivity contribution in [2.24, 2.45) is 17.0 Å². The highest BCUT2D eigenvalue weighted by molar-refractivity contribution is 5.88. The Kier molecular flexibility index (Phi) is 5.03. The van der Waals surface area contributed by atoms with Gasteiger partial charge in [-0.05, 0) is 66.0 Å². The zero-order valence-electron chi connectivity index (χ0n) is 16.2. The number of H-pyrrole nitrogens is 1. The SMILES string of the molecule is CCc1cc(C(=O)O)c(=O)[nH]c1-c1ccc(N2C[C@H]3CCC(N=[N+]=[N-])[C@H]3C2)cc1. The summed E-state index contributed by atoms with van der Waals surface area (Å²) in [6, 6.07) is 9.53. The molecule has 0 spiro atoms. The second kappa shape index (κ2) is 7.64. The molecule has 2 aliphatic rings. The van der Waals surface area contributed by atoms with Gasteiger partial charge in [-0.2, -0.15) is 0 Å². The molecule has 1 aliphatic heterocycles. The molecule has 0 amide bonds. The molecule has 4 rings (SSSR count). The number of azide groups is 1. The first-order valence-electron chi connectivity index (χ1n) is 9.91. The number of nitrogens with zero attached hydrogens (tertiary/aromatic N) is 4. The summed E-state index contributed by atoms with van der Waals surface area (Å²) in [4.78, 5) is 31.4. The van der Waals surface area contributed by atoms with E-state index in [1.54, 1.807) is 0 Å². The van der Waals surface area contributed by atoms with E-state index in [1.807, 2.05) is 31.2 Å². The Balaban J connectivity index is 1.58. The molecule has 0 radical (unpaired) electrons. The number of hydrogen-bond donors (Lipinski definition) is 2. The van der Waals surface area contributed by atoms with Gasteiger partial charge in [-0.1, -0.05) is 24.2 Å². The normalized spacial score (nSPS) is 22.9. The molecule has 1 saturated heterocycles. The maximum atomic E-state index is 12.1. The van der Waals surface area contributed by atoms with E-state index in [0.717, 1.165) is 42.7 Å². The molecule has 2 aromatic rings. The molecule has 2 heterocycles. The van der Waals surface area contributed by atoms with Gasteiger partial charge in [0.25, 0.3) is 5.56 Å². The zero-order valence-corrected chi connectivity index (χ0v) is 16.2. The number of aromatic carboxylic acids is 1. The van der Waals surface area contributed by atoms with Crippen molar-refractivity contribution in [1.29, 1.82) is 0 Å². The summed E-state index contributed by atoms with van der Waals surface area (Å²) in [5, 5.41) is 13.1. The predicted molar refractivity (Wildman–Crippen MR) is 110 cm³/mol. The molecule has 2 N–H and O–H groups in total. The van der Waals surface area contributed by atoms with Crippen molar-refractivity contribution in [3.63, 3.8) is 0 Å². The Morgan fingerprint density at radius 3 is 2.72 bits per heavy atom. The number of benzene rings is 1. The maximum absolute atomic E-state index is 12.1. The molecule has 1 aliphatic carbocycles. The third-order valence-electron chi connectivity index (χ3n) is 6.27. The van der Waals surface area contributed by atoms with Crippen molar-refractivity contribution in [3.8, 4) is 11.3 Å². The summed E-state index contributed by atoms with van der Waals surface area (Å²) in [6.45, 7) is 3.78. The molecule has 29 heavy (non-hydrogen) atoms. The van der Waals surface area contributed by atoms with Crippen LogP contribution < -0.4 is 10.5 Å². The van der Waals surface area contributed by atoms with Gasteiger partial charge in [0.2, 0.25) is 0 Å². The molecule has 8 heteroatoms. The summed E-state index contributed by atoms with van der Waals surface area (Å²) >= 11 is 0. The van der Waals surface area contributed by atoms with Gasteiger partial charge in [-0.3, -0.25) is 4.79 Å². The van der Waals surface area contributed by atoms with Gasteiger partial charge in [0.1, 0.15) is 5.56 Å². The van der Waals surface area contributed by atoms with E-state index < -0.39 is 11.5 Å². The van der Waals surface area contributed by atoms with Gasteiger partial charge in [-0.15, -0.1) is 0 Å². The van der Waals surface area contributed by atoms with E-state index in [-0.39, 0.29) is 11.6 Å². The second-order valence-corrected chi connectivity index (χ2v) is 7.80. The molecule has 0 bridgehead atoms. The first-order chi connectivity index (χ1) is 14.0. The van der Waals surface area contributed by atoms with E-state index in [4.69, 9.17) is 5.53 Å². The van der Waals surface area contributed by atoms with Crippen LogP contribution in [0.3, 0.4) is 0 Å². The van der Waals surface area contributed by atoms with Gasteiger partial charge in [0, 0.05) is 29.7 Å². The van der Waals surface area contributed by atoms with Crippen LogP contribution >= 0.6 is 0 Å². The highest BCUT2D eigenvalue weighted by Gasteiger charge is 2.42. The van der Waals surface area contributed by atoms with Crippen LogP contribution in [-0.2, 0) is 6.42 Å². The van der Waals surface area contributed by atoms with E-state index in [2.05, 4.69) is 19.9 Å². The number of carbonyl (C=O) groups is 1. The van der Waals surface area contributed by atoms with E-state index >= 15 is 0 Å². The first kappa shape index (κ1) is 19.1. The standard InChI is InChI=1S/C21H23N5O3/c1-2-12-9-16(21(28)29)20(27)23-19(12)13-3-6-15(7-4-13)26-10-14-5-8-18(24-25-22)17(14)11-26/h3-4,6-7,9,14,17-18H,2,5,8,10-11H2,1H3,(H,23,27)(H,28,29)/t14-,17+,18?/m1/s1. The Morgan fingerprint density at radius 2 is 2.07 bits per heavy atom. The highest BCUT2D eigenvalue weighted by atomic mass is 16.4. The van der Waals surface area contributed by atoms with Gasteiger partial charge < -0.3 is 15.0 Å². The summed E-state index contributed by atoms with van der Waals surface area (Å²) in [6.07, 6.45) is 2.69. The average Bonchev–Trinajstić information content (AvgIpc) is 3.30. The highest BCUT2D eigenvalue weighted by Crippen LogP contribution is 2.41. The Labute approximate surface area is 167 Å². The molecule has 1 aromatic heterocycles. The molecule has 1 unspecified atom stereocenters. The molecule has 8 nitrogen and oxygen atoms in total. The number of aryl methyl sites for hydroxylation is 1. The van der Waals surface area contributed by atoms with Gasteiger partial charge in [0.05, 0.1) is 5.69 Å². The van der Waals surface area contributed by atoms with Crippen LogP contribution in [0.5, 0.6) is 0 Å². The lowest BCUT2D eigenvalue weighted by Gasteiger charge is -2.21. The number of aromatic amines is 1. The van der Waals surface area contributed by atoms with Crippen molar-refractivity contribution in [1.82, 2.24) is 4.98 Å². The summed E-state index contributed by atoms with van der Waals surface area (Å²) in [5.74, 6) is -0.240. The zero-order chi connectivity index (χ0) is 20.5. The van der Waals surface area contributed by atoms with Crippen molar-refractivity contribution < 1.29 is 9.90 Å². The fourth-order valence-corrected chi connectivity index (χ4v) is 4.76. The smallest absolute Gasteiger partial charge is 0.341 e. The van der Waals surface area contributed by atoms with Crippen LogP contribution in [0.4, 0.5) is 5.69 Å². The van der Waals surface area contributed by atoms with Crippen LogP contribution in [0.15, 0.2) is 40.2 Å². The maximum Gasteiger partial charge on any atom is 0.341 e. The molecule has 1 aromatic carbocycles. The van der Waals surface area contributed by atoms with Crippen molar-refractivity contribution in [2.75, 3.05) is 18.0 Å². The molecule has 150 valence electrons. The Hall–Kier alpha value is -3.25. The van der Waals surface area contributed by atoms with Crippen LogP contribution in [-0.4, -0.2) is 35.2 Å². The van der Waals surface area contributed by atoms with E-state index in [1.165, 1.54) is 6.07 Å². The third kappa shape index (κ3) is 3.47. The second-order valence-electron chi connectivity index (χ2n) is 7.80. The lowest BCUT2D eigenvalue weighted by Crippen LogP contribution is -2.23. The first-order valence-corrected chi connectivity index (χ1v) is 9.91. The van der Waals surface area contributed by atoms with E-state index in [0.29, 0.717) is 24.0 Å². The van der Waals surface area contributed by atoms with Gasteiger partial charge >= 0.3 is 5.97 Å². The van der Waals surface area contributed by atoms with Crippen LogP contribution in [0.2, 0.25) is 0 Å². The number of aromatic nitrogens is 1. The third-order valence-corrected chi connectivity index (χ3v) is 6.27. The van der Waals surface area contributed by atoms with Gasteiger partial charge in [-0.25, -0.2) is 4.79 Å². The number of nitrogens with one attached hydrogen (secondary N) is 1. The number of rotatable bonds is 5. The van der Waals surface area contributed by atoms with Crippen LogP contribution in [0.1, 0.15) is 35.7 Å². The number of carboxylic acid groups (broad SMARTS) is 1. The largest absolute Gasteiger partial charge is 0.477 e. The lowest BCUT2D eigenvalue weighted by molar-refractivity contribution is 0.0695. The van der Waals surface area contributed by atoms with Crippen molar-refractivity contribution >= 4 is 11.7 Å². The number of hydrogen-bond acceptors (Lipinski definition) is 4. The molecular weight excluding hydrogens is 370 g/mol. The molecule has 1 saturated carbocycles. The number of fused-ring (bicyclic) bond motifs is 1. The minimum atomic E-state index is -1.22. The Morgan fingerprint density at radius 1 is 1.31 bits per heavy atom. The predicted octanol–water partition coefficient (Wildman–Crippen LogP) is 3.83. The molecule has 3 atom stereocenters. The monoisotopic (exact) mass is 393 g/mol. The topological polar surface area (TPSA) is 122 Å². The minimum Gasteiger partial charge on any atom is -0.477 e. The van der Waals surface area contributed by atoms with Crippen molar-refractivity contribution in [2.45, 2.75) is 32.2 Å². The average molecular weight is 393 g/mol. The fourth-order valence-electron chi connectivity index (χ4n) is 4.76. The summed E-state index contributed by atoms with van der Waals surface area (Å²) < 4.78 is 0. The molecule has 2 fully saturated rings. The van der Waals surface area contributed by atoms with Crippen LogP contribution in [0.25, 0.3) is 21.7 Å². The lowest BCUT2D eigenvalue weighted by atomic mass is 9.98. The molecular formula is C21H23N5O3.